The summed E-state index contributed by atoms with van der Waals surface area (Å²) in [7, 11) is -2.92. The Balaban J connectivity index is 0.00000392. The number of nitrogens with one attached hydrogen (secondary N) is 2. The van der Waals surface area contributed by atoms with E-state index in [-0.39, 0.29) is 35.8 Å². The van der Waals surface area contributed by atoms with E-state index >= 15 is 0 Å². The molecule has 2 unspecified atom stereocenters. The van der Waals surface area contributed by atoms with Gasteiger partial charge in [0.15, 0.2) is 5.96 Å². The highest BCUT2D eigenvalue weighted by Gasteiger charge is 2.27. The lowest BCUT2D eigenvalue weighted by molar-refractivity contribution is 0.191. The fourth-order valence-electron chi connectivity index (χ4n) is 4.26. The summed E-state index contributed by atoms with van der Waals surface area (Å²) in [5.41, 5.74) is 0. The highest BCUT2D eigenvalue weighted by molar-refractivity contribution is 14.0. The fraction of sp³-hybridized carbons (Fsp3) is 0.950. The third-order valence-electron chi connectivity index (χ3n) is 5.83. The van der Waals surface area contributed by atoms with E-state index in [9.17, 15) is 8.42 Å². The average molecular weight is 529 g/mol. The van der Waals surface area contributed by atoms with Gasteiger partial charge in [0.05, 0.1) is 12.3 Å². The predicted octanol–water partition coefficient (Wildman–Crippen LogP) is 3.03. The van der Waals surface area contributed by atoms with Gasteiger partial charge in [-0.05, 0) is 58.4 Å². The second-order valence-electron chi connectivity index (χ2n) is 8.48. The topological polar surface area (TPSA) is 73.8 Å². The fourth-order valence-corrected chi connectivity index (χ4v) is 5.04. The zero-order valence-corrected chi connectivity index (χ0v) is 21.1. The Bertz CT molecular complexity index is 565. The molecule has 2 atom stereocenters. The van der Waals surface area contributed by atoms with Gasteiger partial charge in [-0.2, -0.15) is 0 Å². The van der Waals surface area contributed by atoms with E-state index in [0.29, 0.717) is 12.5 Å². The largest absolute Gasteiger partial charge is 0.357 e. The summed E-state index contributed by atoms with van der Waals surface area (Å²) in [4.78, 5) is 7.49. The van der Waals surface area contributed by atoms with Crippen LogP contribution in [0.2, 0.25) is 0 Å². The summed E-state index contributed by atoms with van der Waals surface area (Å²) in [5.74, 6) is 1.90. The number of likely N-dealkylation sites (tertiary alicyclic amines) is 1. The SMILES string of the molecule is CCNC(=NCC1CCCN1CC1CCCCC1)NC(C)CCS(C)(=O)=O.I. The second kappa shape index (κ2) is 13.3. The van der Waals surface area contributed by atoms with Gasteiger partial charge in [-0.25, -0.2) is 8.42 Å². The maximum absolute atomic E-state index is 11.4. The van der Waals surface area contributed by atoms with Gasteiger partial charge < -0.3 is 10.6 Å². The molecule has 8 heteroatoms. The number of rotatable bonds is 9. The lowest BCUT2D eigenvalue weighted by Crippen LogP contribution is -2.44. The molecule has 2 N–H and O–H groups in total. The normalized spacial score (nSPS) is 23.2. The van der Waals surface area contributed by atoms with E-state index in [4.69, 9.17) is 4.99 Å². The van der Waals surface area contributed by atoms with Gasteiger partial charge in [0.2, 0.25) is 0 Å². The Morgan fingerprint density at radius 2 is 1.89 bits per heavy atom. The van der Waals surface area contributed by atoms with Crippen molar-refractivity contribution in [3.05, 3.63) is 0 Å². The van der Waals surface area contributed by atoms with Crippen molar-refractivity contribution < 1.29 is 8.42 Å². The molecule has 6 nitrogen and oxygen atoms in total. The van der Waals surface area contributed by atoms with E-state index in [2.05, 4.69) is 22.5 Å². The third kappa shape index (κ3) is 10.1. The predicted molar refractivity (Wildman–Crippen MR) is 129 cm³/mol. The van der Waals surface area contributed by atoms with Crippen LogP contribution in [0, 0.1) is 5.92 Å². The van der Waals surface area contributed by atoms with Crippen LogP contribution in [-0.4, -0.2) is 69.5 Å². The Morgan fingerprint density at radius 1 is 1.18 bits per heavy atom. The molecule has 0 aromatic rings. The van der Waals surface area contributed by atoms with Crippen molar-refractivity contribution in [2.45, 2.75) is 77.3 Å². The highest BCUT2D eigenvalue weighted by Crippen LogP contribution is 2.27. The van der Waals surface area contributed by atoms with Crippen molar-refractivity contribution in [1.82, 2.24) is 15.5 Å². The first kappa shape index (κ1) is 25.9. The molecule has 0 spiro atoms. The molecule has 0 aromatic heterocycles. The van der Waals surface area contributed by atoms with E-state index in [1.54, 1.807) is 0 Å². The van der Waals surface area contributed by atoms with Gasteiger partial charge in [0.25, 0.3) is 0 Å². The monoisotopic (exact) mass is 528 g/mol. The van der Waals surface area contributed by atoms with Crippen molar-refractivity contribution in [3.63, 3.8) is 0 Å². The zero-order valence-electron chi connectivity index (χ0n) is 18.0. The molecule has 1 aliphatic carbocycles. The number of halogens is 1. The Kier molecular flexibility index (Phi) is 12.3. The highest BCUT2D eigenvalue weighted by atomic mass is 127. The molecule has 2 fully saturated rings. The summed E-state index contributed by atoms with van der Waals surface area (Å²) in [5, 5.41) is 6.67. The summed E-state index contributed by atoms with van der Waals surface area (Å²) >= 11 is 0. The van der Waals surface area contributed by atoms with Gasteiger partial charge in [-0.3, -0.25) is 9.89 Å². The number of hydrogen-bond donors (Lipinski definition) is 2. The number of nitrogens with zero attached hydrogens (tertiary/aromatic N) is 2. The van der Waals surface area contributed by atoms with Crippen LogP contribution in [0.5, 0.6) is 0 Å². The van der Waals surface area contributed by atoms with E-state index in [1.165, 1.54) is 64.3 Å². The molecule has 166 valence electrons. The first-order valence-electron chi connectivity index (χ1n) is 10.8. The van der Waals surface area contributed by atoms with Crippen molar-refractivity contribution in [2.24, 2.45) is 10.9 Å². The molecule has 1 aliphatic heterocycles. The molecule has 0 radical (unpaired) electrons. The number of aliphatic imine (C=N–C) groups is 1. The Morgan fingerprint density at radius 3 is 2.54 bits per heavy atom. The minimum absolute atomic E-state index is 0. The molecule has 2 rings (SSSR count). The lowest BCUT2D eigenvalue weighted by atomic mass is 9.89. The van der Waals surface area contributed by atoms with Gasteiger partial charge in [0, 0.05) is 31.4 Å². The van der Waals surface area contributed by atoms with Gasteiger partial charge in [-0.1, -0.05) is 19.3 Å². The smallest absolute Gasteiger partial charge is 0.191 e. The van der Waals surface area contributed by atoms with Crippen LogP contribution in [0.1, 0.15) is 65.2 Å². The first-order chi connectivity index (χ1) is 12.9. The van der Waals surface area contributed by atoms with E-state index < -0.39 is 9.84 Å². The molecule has 28 heavy (non-hydrogen) atoms. The molecule has 2 aliphatic rings. The first-order valence-corrected chi connectivity index (χ1v) is 12.9. The van der Waals surface area contributed by atoms with Crippen molar-refractivity contribution >= 4 is 39.8 Å². The summed E-state index contributed by atoms with van der Waals surface area (Å²) in [6, 6.07) is 0.633. The van der Waals surface area contributed by atoms with Crippen molar-refractivity contribution in [1.29, 1.82) is 0 Å². The Hall–Kier alpha value is -0.0900. The quantitative estimate of drug-likeness (QED) is 0.274. The van der Waals surface area contributed by atoms with E-state index in [1.807, 2.05) is 6.92 Å². The minimum atomic E-state index is -2.92. The number of sulfone groups is 1. The van der Waals surface area contributed by atoms with Gasteiger partial charge in [0.1, 0.15) is 9.84 Å². The zero-order chi connectivity index (χ0) is 19.7. The van der Waals surface area contributed by atoms with Gasteiger partial charge in [-0.15, -0.1) is 24.0 Å². The molecule has 0 bridgehead atoms. The average Bonchev–Trinajstić information content (AvgIpc) is 3.05. The van der Waals surface area contributed by atoms with Crippen LogP contribution in [0.3, 0.4) is 0 Å². The van der Waals surface area contributed by atoms with Crippen LogP contribution < -0.4 is 10.6 Å². The molecular formula is C20H41IN4O2S. The standard InChI is InChI=1S/C20H40N4O2S.HI/c1-4-21-20(23-17(2)12-14-27(3,25)26)22-15-19-11-8-13-24(19)16-18-9-6-5-7-10-18;/h17-19H,4-16H2,1-3H3,(H2,21,22,23);1H. The molecular weight excluding hydrogens is 487 g/mol. The van der Waals surface area contributed by atoms with Crippen LogP contribution in [0.25, 0.3) is 0 Å². The Labute approximate surface area is 189 Å². The van der Waals surface area contributed by atoms with Crippen LogP contribution in [0.4, 0.5) is 0 Å². The molecule has 1 heterocycles. The lowest BCUT2D eigenvalue weighted by Gasteiger charge is -2.30. The molecule has 0 amide bonds. The maximum Gasteiger partial charge on any atom is 0.191 e. The summed E-state index contributed by atoms with van der Waals surface area (Å²) in [6.07, 6.45) is 11.4. The van der Waals surface area contributed by atoms with E-state index in [0.717, 1.165) is 25.0 Å². The minimum Gasteiger partial charge on any atom is -0.357 e. The second-order valence-corrected chi connectivity index (χ2v) is 10.7. The maximum atomic E-state index is 11.4. The number of guanidine groups is 1. The van der Waals surface area contributed by atoms with Crippen molar-refractivity contribution in [3.8, 4) is 0 Å². The van der Waals surface area contributed by atoms with Gasteiger partial charge >= 0.3 is 0 Å². The molecule has 1 saturated carbocycles. The van der Waals surface area contributed by atoms with Crippen molar-refractivity contribution in [2.75, 3.05) is 38.2 Å². The van der Waals surface area contributed by atoms with Crippen LogP contribution in [0.15, 0.2) is 4.99 Å². The summed E-state index contributed by atoms with van der Waals surface area (Å²) < 4.78 is 22.7. The summed E-state index contributed by atoms with van der Waals surface area (Å²) in [6.45, 7) is 8.16. The molecule has 0 aromatic carbocycles. The molecule has 1 saturated heterocycles. The van der Waals surface area contributed by atoms with Crippen LogP contribution >= 0.6 is 24.0 Å². The van der Waals surface area contributed by atoms with Crippen LogP contribution in [-0.2, 0) is 9.84 Å². The number of hydrogen-bond acceptors (Lipinski definition) is 4. The third-order valence-corrected chi connectivity index (χ3v) is 6.80.